The van der Waals surface area contributed by atoms with Gasteiger partial charge in [-0.25, -0.2) is 4.68 Å². The van der Waals surface area contributed by atoms with E-state index in [2.05, 4.69) is 5.10 Å². The molecule has 2 heterocycles. The molecular weight excluding hydrogens is 295 g/mol. The van der Waals surface area contributed by atoms with Gasteiger partial charge < -0.3 is 0 Å². The standard InChI is InChI=1S/C15H22F3N3O/c1-14(2,3)12-6-7-13(22)21(19-12)10-20-8-4-5-11(9-20)15(16,17)18/h6-7,11H,4-5,8-10H2,1-3H3/t11-/m1/s1. The van der Waals surface area contributed by atoms with Crippen LogP contribution in [0.5, 0.6) is 0 Å². The SMILES string of the molecule is CC(C)(C)c1ccc(=O)n(CN2CCC[C@@H](C(F)(F)F)C2)n1. The summed E-state index contributed by atoms with van der Waals surface area (Å²) in [6, 6.07) is 3.10. The Bertz CT molecular complexity index is 575. The van der Waals surface area contributed by atoms with E-state index < -0.39 is 12.1 Å². The van der Waals surface area contributed by atoms with E-state index in [1.807, 2.05) is 20.8 Å². The monoisotopic (exact) mass is 317 g/mol. The summed E-state index contributed by atoms with van der Waals surface area (Å²) >= 11 is 0. The number of halogens is 3. The molecule has 0 amide bonds. The van der Waals surface area contributed by atoms with Crippen LogP contribution >= 0.6 is 0 Å². The van der Waals surface area contributed by atoms with Gasteiger partial charge in [0.25, 0.3) is 5.56 Å². The first kappa shape index (κ1) is 17.0. The molecule has 124 valence electrons. The molecular formula is C15H22F3N3O. The third kappa shape index (κ3) is 4.09. The van der Waals surface area contributed by atoms with E-state index >= 15 is 0 Å². The first-order valence-electron chi connectivity index (χ1n) is 7.45. The topological polar surface area (TPSA) is 38.1 Å². The number of piperidine rings is 1. The van der Waals surface area contributed by atoms with Crippen LogP contribution in [0.1, 0.15) is 39.3 Å². The van der Waals surface area contributed by atoms with Crippen molar-refractivity contribution in [3.05, 3.63) is 28.2 Å². The smallest absolute Gasteiger partial charge is 0.284 e. The van der Waals surface area contributed by atoms with Crippen LogP contribution in [-0.2, 0) is 12.1 Å². The van der Waals surface area contributed by atoms with Gasteiger partial charge in [0.05, 0.1) is 18.3 Å². The maximum absolute atomic E-state index is 12.8. The summed E-state index contributed by atoms with van der Waals surface area (Å²) < 4.78 is 39.8. The lowest BCUT2D eigenvalue weighted by Gasteiger charge is -2.33. The van der Waals surface area contributed by atoms with Crippen LogP contribution in [0.4, 0.5) is 13.2 Å². The lowest BCUT2D eigenvalue weighted by molar-refractivity contribution is -0.188. The lowest BCUT2D eigenvalue weighted by atomic mass is 9.92. The number of hydrogen-bond acceptors (Lipinski definition) is 3. The Balaban J connectivity index is 2.15. The molecule has 0 spiro atoms. The summed E-state index contributed by atoms with van der Waals surface area (Å²) in [5.74, 6) is -1.32. The Hall–Kier alpha value is -1.37. The van der Waals surface area contributed by atoms with Crippen LogP contribution in [0.15, 0.2) is 16.9 Å². The Morgan fingerprint density at radius 2 is 1.95 bits per heavy atom. The lowest BCUT2D eigenvalue weighted by Crippen LogP contribution is -2.44. The van der Waals surface area contributed by atoms with Gasteiger partial charge in [-0.1, -0.05) is 20.8 Å². The van der Waals surface area contributed by atoms with Gasteiger partial charge in [-0.2, -0.15) is 18.3 Å². The molecule has 0 N–H and O–H groups in total. The predicted molar refractivity (Wildman–Crippen MR) is 77.5 cm³/mol. The molecule has 1 fully saturated rings. The maximum Gasteiger partial charge on any atom is 0.393 e. The van der Waals surface area contributed by atoms with E-state index in [9.17, 15) is 18.0 Å². The summed E-state index contributed by atoms with van der Waals surface area (Å²) in [5.41, 5.74) is 0.241. The molecule has 0 radical (unpaired) electrons. The van der Waals surface area contributed by atoms with E-state index in [-0.39, 0.29) is 30.6 Å². The maximum atomic E-state index is 12.8. The van der Waals surface area contributed by atoms with Crippen molar-refractivity contribution in [1.82, 2.24) is 14.7 Å². The Morgan fingerprint density at radius 1 is 1.27 bits per heavy atom. The molecule has 1 aromatic heterocycles. The second kappa shape index (κ2) is 6.02. The van der Waals surface area contributed by atoms with Gasteiger partial charge in [0, 0.05) is 18.0 Å². The minimum atomic E-state index is -4.18. The van der Waals surface area contributed by atoms with E-state index in [1.165, 1.54) is 10.7 Å². The minimum absolute atomic E-state index is 0.0721. The largest absolute Gasteiger partial charge is 0.393 e. The molecule has 1 aliphatic heterocycles. The number of likely N-dealkylation sites (tertiary alicyclic amines) is 1. The summed E-state index contributed by atoms with van der Waals surface area (Å²) in [6.45, 7) is 6.52. The van der Waals surface area contributed by atoms with Crippen LogP contribution < -0.4 is 5.56 Å². The van der Waals surface area contributed by atoms with Gasteiger partial charge in [-0.05, 0) is 25.5 Å². The van der Waals surface area contributed by atoms with Crippen LogP contribution in [0.25, 0.3) is 0 Å². The third-order valence-electron chi connectivity index (χ3n) is 3.94. The highest BCUT2D eigenvalue weighted by Gasteiger charge is 2.41. The van der Waals surface area contributed by atoms with Crippen molar-refractivity contribution in [2.45, 2.75) is 51.9 Å². The molecule has 1 aliphatic rings. The average molecular weight is 317 g/mol. The van der Waals surface area contributed by atoms with Gasteiger partial charge in [0.2, 0.25) is 0 Å². The van der Waals surface area contributed by atoms with Crippen molar-refractivity contribution >= 4 is 0 Å². The van der Waals surface area contributed by atoms with Gasteiger partial charge in [0.1, 0.15) is 0 Å². The second-order valence-corrected chi connectivity index (χ2v) is 6.91. The van der Waals surface area contributed by atoms with Crippen molar-refractivity contribution in [2.75, 3.05) is 13.1 Å². The van der Waals surface area contributed by atoms with Crippen molar-refractivity contribution in [3.8, 4) is 0 Å². The molecule has 1 aromatic rings. The van der Waals surface area contributed by atoms with Crippen LogP contribution in [0.2, 0.25) is 0 Å². The number of alkyl halides is 3. The van der Waals surface area contributed by atoms with Gasteiger partial charge >= 0.3 is 6.18 Å². The van der Waals surface area contributed by atoms with Crippen LogP contribution in [-0.4, -0.2) is 33.9 Å². The van der Waals surface area contributed by atoms with Crippen LogP contribution in [0, 0.1) is 5.92 Å². The molecule has 22 heavy (non-hydrogen) atoms. The van der Waals surface area contributed by atoms with E-state index in [0.717, 1.165) is 5.69 Å². The highest BCUT2D eigenvalue weighted by molar-refractivity contribution is 5.10. The fraction of sp³-hybridized carbons (Fsp3) is 0.733. The van der Waals surface area contributed by atoms with Crippen molar-refractivity contribution in [1.29, 1.82) is 0 Å². The van der Waals surface area contributed by atoms with E-state index in [0.29, 0.717) is 13.0 Å². The van der Waals surface area contributed by atoms with Gasteiger partial charge in [-0.3, -0.25) is 9.69 Å². The minimum Gasteiger partial charge on any atom is -0.284 e. The molecule has 0 aliphatic carbocycles. The Labute approximate surface area is 127 Å². The Kier molecular flexibility index (Phi) is 4.65. The molecule has 0 aromatic carbocycles. The number of rotatable bonds is 2. The molecule has 2 rings (SSSR count). The quantitative estimate of drug-likeness (QED) is 0.842. The summed E-state index contributed by atoms with van der Waals surface area (Å²) in [6.07, 6.45) is -3.54. The molecule has 7 heteroatoms. The number of hydrogen-bond donors (Lipinski definition) is 0. The molecule has 4 nitrogen and oxygen atoms in total. The summed E-state index contributed by atoms with van der Waals surface area (Å²) in [7, 11) is 0. The number of aromatic nitrogens is 2. The van der Waals surface area contributed by atoms with Gasteiger partial charge in [-0.15, -0.1) is 0 Å². The summed E-state index contributed by atoms with van der Waals surface area (Å²) in [5, 5.41) is 4.31. The molecule has 0 bridgehead atoms. The Morgan fingerprint density at radius 3 is 2.55 bits per heavy atom. The van der Waals surface area contributed by atoms with Crippen LogP contribution in [0.3, 0.4) is 0 Å². The first-order chi connectivity index (χ1) is 10.1. The zero-order chi connectivity index (χ0) is 16.5. The highest BCUT2D eigenvalue weighted by atomic mass is 19.4. The van der Waals surface area contributed by atoms with E-state index in [4.69, 9.17) is 0 Å². The van der Waals surface area contributed by atoms with Crippen molar-refractivity contribution in [2.24, 2.45) is 5.92 Å². The summed E-state index contributed by atoms with van der Waals surface area (Å²) in [4.78, 5) is 13.6. The fourth-order valence-corrected chi connectivity index (χ4v) is 2.59. The van der Waals surface area contributed by atoms with Crippen molar-refractivity contribution < 1.29 is 13.2 Å². The molecule has 1 atom stereocenters. The average Bonchev–Trinajstić information content (AvgIpc) is 2.39. The van der Waals surface area contributed by atoms with Crippen molar-refractivity contribution in [3.63, 3.8) is 0 Å². The van der Waals surface area contributed by atoms with E-state index in [1.54, 1.807) is 11.0 Å². The third-order valence-corrected chi connectivity index (χ3v) is 3.94. The number of nitrogens with zero attached hydrogens (tertiary/aromatic N) is 3. The normalized spacial score (nSPS) is 21.1. The zero-order valence-corrected chi connectivity index (χ0v) is 13.2. The van der Waals surface area contributed by atoms with Gasteiger partial charge in [0.15, 0.2) is 0 Å². The first-order valence-corrected chi connectivity index (χ1v) is 7.45. The fourth-order valence-electron chi connectivity index (χ4n) is 2.59. The molecule has 0 saturated carbocycles. The zero-order valence-electron chi connectivity index (χ0n) is 13.2. The second-order valence-electron chi connectivity index (χ2n) is 6.91. The highest BCUT2D eigenvalue weighted by Crippen LogP contribution is 2.33. The molecule has 1 saturated heterocycles. The predicted octanol–water partition coefficient (Wildman–Crippen LogP) is 2.77. The molecule has 0 unspecified atom stereocenters.